The van der Waals surface area contributed by atoms with Crippen LogP contribution in [0.5, 0.6) is 0 Å². The molecule has 1 unspecified atom stereocenters. The molecule has 0 saturated heterocycles. The third kappa shape index (κ3) is 3.84. The van der Waals surface area contributed by atoms with Crippen molar-refractivity contribution in [3.05, 3.63) is 35.9 Å². The quantitative estimate of drug-likeness (QED) is 0.825. The van der Waals surface area contributed by atoms with Crippen LogP contribution in [-0.4, -0.2) is 13.1 Å². The Hall–Kier alpha value is -0.820. The summed E-state index contributed by atoms with van der Waals surface area (Å²) in [6, 6.07) is 11.6. The lowest BCUT2D eigenvalue weighted by molar-refractivity contribution is 0.229. The molecule has 1 aliphatic rings. The number of hydrogen-bond acceptors (Lipinski definition) is 1. The fraction of sp³-hybridized carbons (Fsp3) is 0.647. The molecule has 1 nitrogen and oxygen atoms in total. The molecule has 2 rings (SSSR count). The maximum absolute atomic E-state index is 3.56. The molecule has 0 heterocycles. The third-order valence-corrected chi connectivity index (χ3v) is 4.59. The van der Waals surface area contributed by atoms with Crippen LogP contribution in [0.4, 0.5) is 0 Å². The van der Waals surface area contributed by atoms with Crippen molar-refractivity contribution in [1.29, 1.82) is 0 Å². The Morgan fingerprint density at radius 2 is 1.78 bits per heavy atom. The normalized spacial score (nSPS) is 25.9. The Morgan fingerprint density at radius 3 is 2.39 bits per heavy atom. The number of nitrogens with one attached hydrogen (secondary N) is 1. The lowest BCUT2D eigenvalue weighted by atomic mass is 9.78. The summed E-state index contributed by atoms with van der Waals surface area (Å²) in [6.45, 7) is 2.40. The summed E-state index contributed by atoms with van der Waals surface area (Å²) in [5, 5.41) is 3.56. The molecule has 0 bridgehead atoms. The van der Waals surface area contributed by atoms with Crippen LogP contribution >= 0.6 is 0 Å². The van der Waals surface area contributed by atoms with Crippen molar-refractivity contribution in [2.24, 2.45) is 11.8 Å². The van der Waals surface area contributed by atoms with Crippen molar-refractivity contribution < 1.29 is 0 Å². The molecule has 1 fully saturated rings. The molecule has 1 aromatic carbocycles. The van der Waals surface area contributed by atoms with Gasteiger partial charge in [-0.1, -0.05) is 50.1 Å². The van der Waals surface area contributed by atoms with Gasteiger partial charge < -0.3 is 5.32 Å². The fourth-order valence-corrected chi connectivity index (χ4v) is 3.27. The Bertz CT molecular complexity index is 325. The van der Waals surface area contributed by atoms with Crippen molar-refractivity contribution in [2.75, 3.05) is 7.05 Å². The minimum atomic E-state index is 0.706. The molecule has 0 aliphatic heterocycles. The van der Waals surface area contributed by atoms with Crippen LogP contribution in [0, 0.1) is 11.8 Å². The van der Waals surface area contributed by atoms with E-state index < -0.39 is 0 Å². The Labute approximate surface area is 112 Å². The summed E-state index contributed by atoms with van der Waals surface area (Å²) in [5.74, 6) is 1.85. The lowest BCUT2D eigenvalue weighted by Crippen LogP contribution is -2.36. The topological polar surface area (TPSA) is 12.0 Å². The molecule has 1 aliphatic carbocycles. The Kier molecular flexibility index (Phi) is 5.25. The molecule has 1 saturated carbocycles. The molecular weight excluding hydrogens is 218 g/mol. The van der Waals surface area contributed by atoms with Crippen LogP contribution in [0.15, 0.2) is 30.3 Å². The standard InChI is InChI=1S/C17H27N/c1-14-8-11-16(12-9-14)17(18-2)13-10-15-6-4-3-5-7-15/h3-7,14,16-18H,8-13H2,1-2H3. The van der Waals surface area contributed by atoms with Gasteiger partial charge in [-0.3, -0.25) is 0 Å². The Balaban J connectivity index is 1.82. The second-order valence-electron chi connectivity index (χ2n) is 5.94. The largest absolute Gasteiger partial charge is 0.317 e. The maximum Gasteiger partial charge on any atom is 0.00954 e. The molecule has 1 atom stereocenters. The van der Waals surface area contributed by atoms with E-state index in [1.165, 1.54) is 44.1 Å². The minimum Gasteiger partial charge on any atom is -0.317 e. The van der Waals surface area contributed by atoms with Crippen LogP contribution in [0.25, 0.3) is 0 Å². The van der Waals surface area contributed by atoms with Crippen molar-refractivity contribution in [3.8, 4) is 0 Å². The average Bonchev–Trinajstić information content (AvgIpc) is 2.42. The first-order valence-electron chi connectivity index (χ1n) is 7.50. The smallest absolute Gasteiger partial charge is 0.00954 e. The fourth-order valence-electron chi connectivity index (χ4n) is 3.27. The van der Waals surface area contributed by atoms with Crippen LogP contribution in [0.3, 0.4) is 0 Å². The van der Waals surface area contributed by atoms with Crippen LogP contribution in [0.1, 0.15) is 44.6 Å². The number of hydrogen-bond donors (Lipinski definition) is 1. The van der Waals surface area contributed by atoms with Gasteiger partial charge in [0.15, 0.2) is 0 Å². The zero-order valence-corrected chi connectivity index (χ0v) is 11.9. The van der Waals surface area contributed by atoms with Gasteiger partial charge in [0.05, 0.1) is 0 Å². The summed E-state index contributed by atoms with van der Waals surface area (Å²) in [5.41, 5.74) is 1.47. The van der Waals surface area contributed by atoms with Crippen molar-refractivity contribution in [1.82, 2.24) is 5.32 Å². The van der Waals surface area contributed by atoms with E-state index in [1.807, 2.05) is 0 Å². The van der Waals surface area contributed by atoms with E-state index in [0.29, 0.717) is 6.04 Å². The van der Waals surface area contributed by atoms with E-state index in [9.17, 15) is 0 Å². The first-order chi connectivity index (χ1) is 8.79. The van der Waals surface area contributed by atoms with Gasteiger partial charge in [0.1, 0.15) is 0 Å². The van der Waals surface area contributed by atoms with Gasteiger partial charge in [0.25, 0.3) is 0 Å². The van der Waals surface area contributed by atoms with Gasteiger partial charge in [-0.05, 0) is 50.1 Å². The van der Waals surface area contributed by atoms with Gasteiger partial charge in [0.2, 0.25) is 0 Å². The van der Waals surface area contributed by atoms with Crippen molar-refractivity contribution in [3.63, 3.8) is 0 Å². The minimum absolute atomic E-state index is 0.706. The molecule has 0 spiro atoms. The number of rotatable bonds is 5. The molecule has 1 N–H and O–H groups in total. The lowest BCUT2D eigenvalue weighted by Gasteiger charge is -2.32. The van der Waals surface area contributed by atoms with Gasteiger partial charge in [0, 0.05) is 6.04 Å². The van der Waals surface area contributed by atoms with E-state index in [2.05, 4.69) is 49.6 Å². The highest BCUT2D eigenvalue weighted by Crippen LogP contribution is 2.31. The summed E-state index contributed by atoms with van der Waals surface area (Å²) < 4.78 is 0. The van der Waals surface area contributed by atoms with E-state index in [-0.39, 0.29) is 0 Å². The maximum atomic E-state index is 3.56. The molecule has 0 aromatic heterocycles. The molecule has 1 aromatic rings. The summed E-state index contributed by atoms with van der Waals surface area (Å²) in [7, 11) is 2.13. The van der Waals surface area contributed by atoms with Gasteiger partial charge >= 0.3 is 0 Å². The van der Waals surface area contributed by atoms with Gasteiger partial charge in [-0.2, -0.15) is 0 Å². The first-order valence-corrected chi connectivity index (χ1v) is 7.50. The summed E-state index contributed by atoms with van der Waals surface area (Å²) in [6.07, 6.45) is 8.17. The number of aryl methyl sites for hydroxylation is 1. The Morgan fingerprint density at radius 1 is 1.11 bits per heavy atom. The van der Waals surface area contributed by atoms with Crippen LogP contribution < -0.4 is 5.32 Å². The predicted octanol–water partition coefficient (Wildman–Crippen LogP) is 4.03. The summed E-state index contributed by atoms with van der Waals surface area (Å²) >= 11 is 0. The van der Waals surface area contributed by atoms with Gasteiger partial charge in [-0.25, -0.2) is 0 Å². The highest BCUT2D eigenvalue weighted by atomic mass is 14.9. The van der Waals surface area contributed by atoms with Crippen molar-refractivity contribution in [2.45, 2.75) is 51.5 Å². The van der Waals surface area contributed by atoms with Crippen LogP contribution in [0.2, 0.25) is 0 Å². The highest BCUT2D eigenvalue weighted by molar-refractivity contribution is 5.14. The van der Waals surface area contributed by atoms with Gasteiger partial charge in [-0.15, -0.1) is 0 Å². The average molecular weight is 245 g/mol. The molecule has 0 amide bonds. The van der Waals surface area contributed by atoms with E-state index >= 15 is 0 Å². The SMILES string of the molecule is CNC(CCc1ccccc1)C1CCC(C)CC1. The molecule has 100 valence electrons. The highest BCUT2D eigenvalue weighted by Gasteiger charge is 2.24. The van der Waals surface area contributed by atoms with E-state index in [0.717, 1.165) is 11.8 Å². The third-order valence-electron chi connectivity index (χ3n) is 4.59. The molecular formula is C17H27N. The second-order valence-corrected chi connectivity index (χ2v) is 5.94. The van der Waals surface area contributed by atoms with Crippen molar-refractivity contribution >= 4 is 0 Å². The molecule has 18 heavy (non-hydrogen) atoms. The molecule has 0 radical (unpaired) electrons. The summed E-state index contributed by atoms with van der Waals surface area (Å²) in [4.78, 5) is 0. The monoisotopic (exact) mass is 245 g/mol. The van der Waals surface area contributed by atoms with E-state index in [1.54, 1.807) is 0 Å². The predicted molar refractivity (Wildman–Crippen MR) is 78.7 cm³/mol. The van der Waals surface area contributed by atoms with E-state index in [4.69, 9.17) is 0 Å². The molecule has 1 heteroatoms. The zero-order valence-electron chi connectivity index (χ0n) is 11.9. The second kappa shape index (κ2) is 6.94. The zero-order chi connectivity index (χ0) is 12.8. The number of benzene rings is 1. The van der Waals surface area contributed by atoms with Crippen LogP contribution in [-0.2, 0) is 6.42 Å². The first kappa shape index (κ1) is 13.6.